The van der Waals surface area contributed by atoms with Crippen LogP contribution in [0.4, 0.5) is 0 Å². The molecule has 0 aliphatic carbocycles. The Balaban J connectivity index is 6.86. The number of nitrogens with one attached hydrogen (secondary N) is 13. The first-order valence-electron chi connectivity index (χ1n) is 36.3. The molecule has 0 aromatic carbocycles. The van der Waals surface area contributed by atoms with Crippen LogP contribution in [0.3, 0.4) is 0 Å². The molecule has 0 fully saturated rings. The van der Waals surface area contributed by atoms with Gasteiger partial charge in [-0.1, -0.05) is 0 Å². The lowest BCUT2D eigenvalue weighted by atomic mass is 10.2. The van der Waals surface area contributed by atoms with Crippen molar-refractivity contribution < 1.29 is 62.3 Å². The lowest BCUT2D eigenvalue weighted by molar-refractivity contribution is -0.123. The molecule has 0 aliphatic heterocycles. The van der Waals surface area contributed by atoms with Gasteiger partial charge in [0.15, 0.2) is 0 Å². The predicted octanol–water partition coefficient (Wildman–Crippen LogP) is -11.3. The Morgan fingerprint density at radius 3 is 0.447 bits per heavy atom. The first kappa shape index (κ1) is 95.6. The van der Waals surface area contributed by atoms with Crippen molar-refractivity contribution in [1.82, 2.24) is 98.5 Å². The molecule has 0 saturated heterocycles. The number of hydrogen-bond donors (Lipinski definition) is 20. The van der Waals surface area contributed by atoms with E-state index in [2.05, 4.69) is 69.1 Å². The number of nitrogens with zero attached hydrogens (tertiary/aromatic N) is 6. The molecule has 0 aromatic rings. The van der Waals surface area contributed by atoms with Gasteiger partial charge in [-0.15, -0.1) is 0 Å². The second-order valence-electron chi connectivity index (χ2n) is 24.3. The van der Waals surface area contributed by atoms with Crippen LogP contribution in [0.5, 0.6) is 0 Å². The van der Waals surface area contributed by atoms with Gasteiger partial charge in [-0.2, -0.15) is 0 Å². The molecular weight excluding hydrogens is 1340 g/mol. The van der Waals surface area contributed by atoms with Crippen molar-refractivity contribution >= 4 is 76.8 Å². The van der Waals surface area contributed by atoms with Crippen molar-refractivity contribution in [2.45, 2.75) is 84.0 Å². The van der Waals surface area contributed by atoms with Gasteiger partial charge < -0.3 is 139 Å². The summed E-state index contributed by atoms with van der Waals surface area (Å²) < 4.78 is 0. The average molecular weight is 1470 g/mol. The van der Waals surface area contributed by atoms with Gasteiger partial charge in [-0.05, 0) is 0 Å². The normalized spacial score (nSPS) is 11.2. The second-order valence-corrected chi connectivity index (χ2v) is 24.3. The molecule has 0 spiro atoms. The zero-order chi connectivity index (χ0) is 76.5. The fraction of sp³-hybridized carbons (Fsp3) is 0.797. The maximum Gasteiger partial charge on any atom is 0.221 e. The minimum Gasteiger partial charge on any atom is -0.355 e. The molecule has 0 rings (SSSR count). The van der Waals surface area contributed by atoms with Gasteiger partial charge in [0.2, 0.25) is 76.8 Å². The Hall–Kier alpha value is -7.41. The third-order valence-corrected chi connectivity index (χ3v) is 15.7. The van der Waals surface area contributed by atoms with E-state index in [1.807, 2.05) is 29.4 Å². The molecule has 0 unspecified atom stereocenters. The molecule has 27 N–H and O–H groups in total. The Labute approximate surface area is 608 Å². The highest BCUT2D eigenvalue weighted by Crippen LogP contribution is 2.04. The molecule has 0 heterocycles. The van der Waals surface area contributed by atoms with Crippen molar-refractivity contribution in [3.05, 3.63) is 0 Å². The topological polar surface area (TPSA) is 580 Å². The zero-order valence-electron chi connectivity index (χ0n) is 61.4. The number of nitrogens with two attached hydrogens (primary N) is 7. The van der Waals surface area contributed by atoms with E-state index in [4.69, 9.17) is 40.1 Å². The summed E-state index contributed by atoms with van der Waals surface area (Å²) in [7, 11) is 0. The smallest absolute Gasteiger partial charge is 0.221 e. The minimum absolute atomic E-state index is 0.00543. The van der Waals surface area contributed by atoms with Gasteiger partial charge in [0.05, 0.1) is 0 Å². The minimum atomic E-state index is -0.323. The molecule has 0 aromatic heterocycles. The van der Waals surface area contributed by atoms with E-state index in [9.17, 15) is 62.3 Å². The monoisotopic (exact) mass is 1470 g/mol. The van der Waals surface area contributed by atoms with Crippen molar-refractivity contribution in [1.29, 1.82) is 0 Å². The Bertz CT molecular complexity index is 2260. The molecular formula is C64H130N26O13. The maximum atomic E-state index is 13.7. The first-order chi connectivity index (χ1) is 49.6. The van der Waals surface area contributed by atoms with Gasteiger partial charge in [0.25, 0.3) is 0 Å². The molecule has 103 heavy (non-hydrogen) atoms. The van der Waals surface area contributed by atoms with Crippen molar-refractivity contribution in [3.63, 3.8) is 0 Å². The van der Waals surface area contributed by atoms with E-state index in [0.29, 0.717) is 105 Å². The van der Waals surface area contributed by atoms with E-state index in [0.717, 1.165) is 0 Å². The van der Waals surface area contributed by atoms with Gasteiger partial charge in [-0.25, -0.2) is 0 Å². The van der Waals surface area contributed by atoms with Gasteiger partial charge in [0, 0.05) is 333 Å². The van der Waals surface area contributed by atoms with E-state index >= 15 is 0 Å². The van der Waals surface area contributed by atoms with Crippen molar-refractivity contribution in [3.8, 4) is 0 Å². The fourth-order valence-electron chi connectivity index (χ4n) is 9.81. The van der Waals surface area contributed by atoms with Crippen LogP contribution in [-0.2, 0) is 62.3 Å². The van der Waals surface area contributed by atoms with Crippen LogP contribution in [0.15, 0.2) is 0 Å². The summed E-state index contributed by atoms with van der Waals surface area (Å²) in [6.45, 7) is 11.4. The summed E-state index contributed by atoms with van der Waals surface area (Å²) in [5, 5.41) is 36.3. The number of amides is 13. The Morgan fingerprint density at radius 2 is 0.301 bits per heavy atom. The lowest BCUT2D eigenvalue weighted by Gasteiger charge is -2.28. The van der Waals surface area contributed by atoms with E-state index in [1.54, 1.807) is 0 Å². The molecule has 0 bridgehead atoms. The summed E-state index contributed by atoms with van der Waals surface area (Å²) in [4.78, 5) is 178. The van der Waals surface area contributed by atoms with Crippen LogP contribution < -0.4 is 109 Å². The molecule has 0 aliphatic rings. The first-order valence-corrected chi connectivity index (χ1v) is 36.3. The summed E-state index contributed by atoms with van der Waals surface area (Å²) in [6, 6.07) is 0. The predicted molar refractivity (Wildman–Crippen MR) is 392 cm³/mol. The van der Waals surface area contributed by atoms with Crippen LogP contribution in [0.2, 0.25) is 0 Å². The third-order valence-electron chi connectivity index (χ3n) is 15.7. The van der Waals surface area contributed by atoms with Gasteiger partial charge >= 0.3 is 0 Å². The van der Waals surface area contributed by atoms with Crippen molar-refractivity contribution in [2.24, 2.45) is 40.1 Å². The van der Waals surface area contributed by atoms with Gasteiger partial charge in [-0.3, -0.25) is 62.3 Å². The highest BCUT2D eigenvalue weighted by molar-refractivity contribution is 5.80. The number of carbonyl (C=O) groups excluding carboxylic acids is 13. The summed E-state index contributed by atoms with van der Waals surface area (Å²) in [6.07, 6.45) is 0.968. The van der Waals surface area contributed by atoms with Crippen LogP contribution >= 0.6 is 0 Å². The highest BCUT2D eigenvalue weighted by Gasteiger charge is 2.20. The van der Waals surface area contributed by atoms with E-state index in [1.165, 1.54) is 6.92 Å². The molecule has 594 valence electrons. The maximum absolute atomic E-state index is 13.7. The molecule has 0 saturated carbocycles. The average Bonchev–Trinajstić information content (AvgIpc) is 1.14. The second kappa shape index (κ2) is 65.4. The van der Waals surface area contributed by atoms with Crippen LogP contribution in [0, 0.1) is 0 Å². The third kappa shape index (κ3) is 59.7. The van der Waals surface area contributed by atoms with Crippen LogP contribution in [0.1, 0.15) is 84.0 Å². The molecule has 39 nitrogen and oxygen atoms in total. The number of rotatable bonds is 68. The van der Waals surface area contributed by atoms with Gasteiger partial charge in [0.1, 0.15) is 0 Å². The SMILES string of the molecule is CC(=O)NCCNC(=O)CCN(CCNC(=O)CCN(CCC(=O)NCCN(CCC(=O)NCCN)CCC(=O)NCCN)CCN(CCC(=O)NCCN(CCC(=O)NCCN)CCC(=O)NCCN)CCC(=O)NCCN(CCC(=O)NCCN)CCC(=O)NCCN)CCC(=O)NCCN. The van der Waals surface area contributed by atoms with Crippen LogP contribution in [0.25, 0.3) is 0 Å². The Morgan fingerprint density at radius 1 is 0.175 bits per heavy atom. The van der Waals surface area contributed by atoms with E-state index in [-0.39, 0.29) is 298 Å². The zero-order valence-corrected chi connectivity index (χ0v) is 61.4. The number of hydrogen-bond acceptors (Lipinski definition) is 26. The standard InChI is InChI=1S/C64H130N26O13/c1-52(91)72-28-29-80-60(99)9-41-88(40-8-59(98)79-27-20-71)49-33-84-64(103)13-45-90(44-12-63(102)83-32-48-87(38-6-57(96)77-25-18-69)39-7-58(97)78-26-19-70)51-50-89(42-10-61(100)81-30-46-85(34-2-53(92)73-21-14-65)35-3-54(93)74-22-15-66)43-11-62(101)82-31-47-86(36-4-55(94)75-23-16-67)37-5-56(95)76-24-17-68/h2-51,65-71H2,1H3,(H,72,91)(H,73,92)(H,74,93)(H,75,94)(H,76,95)(H,77,96)(H,78,97)(H,79,98)(H,80,99)(H,81,100)(H,82,101)(H,83,102)(H,84,103). The molecule has 0 atom stereocenters. The largest absolute Gasteiger partial charge is 0.355 e. The van der Waals surface area contributed by atoms with Crippen LogP contribution in [-0.4, -0.2) is 355 Å². The molecule has 0 radical (unpaired) electrons. The highest BCUT2D eigenvalue weighted by atomic mass is 16.2. The summed E-state index contributed by atoms with van der Waals surface area (Å²) in [5.41, 5.74) is 39.0. The summed E-state index contributed by atoms with van der Waals surface area (Å²) >= 11 is 0. The summed E-state index contributed by atoms with van der Waals surface area (Å²) in [5.74, 6) is -3.26. The molecule has 39 heteroatoms. The molecule has 13 amide bonds. The fourth-order valence-corrected chi connectivity index (χ4v) is 9.81. The van der Waals surface area contributed by atoms with E-state index < -0.39 is 0 Å². The Kier molecular flexibility index (Phi) is 60.7. The van der Waals surface area contributed by atoms with Crippen molar-refractivity contribution in [2.75, 3.05) is 249 Å². The quantitative estimate of drug-likeness (QED) is 0.0251. The lowest BCUT2D eigenvalue weighted by Crippen LogP contribution is -2.43. The number of carbonyl (C=O) groups is 13.